The average molecular weight is 91.5 g/mol. The standard InChI is InChI=1S/C3H6ClN/c1-2-3-5-4/h2-3,5H,1H3/b3-2-. The molecule has 0 aromatic carbocycles. The molecule has 0 rings (SSSR count). The molecule has 0 aliphatic rings. The van der Waals surface area contributed by atoms with Crippen molar-refractivity contribution in [2.75, 3.05) is 0 Å². The third kappa shape index (κ3) is 3.83. The number of nitrogens with one attached hydrogen (secondary N) is 1. The maximum absolute atomic E-state index is 4.96. The molecule has 1 N–H and O–H groups in total. The number of allylic oxidation sites excluding steroid dienone is 1. The van der Waals surface area contributed by atoms with Crippen LogP contribution in [0.1, 0.15) is 6.92 Å². The van der Waals surface area contributed by atoms with Gasteiger partial charge in [0.1, 0.15) is 0 Å². The summed E-state index contributed by atoms with van der Waals surface area (Å²) in [5.41, 5.74) is 0. The van der Waals surface area contributed by atoms with Gasteiger partial charge in [-0.05, 0) is 6.92 Å². The topological polar surface area (TPSA) is 12.0 Å². The minimum absolute atomic E-state index is 1.64. The van der Waals surface area contributed by atoms with Crippen LogP contribution in [-0.4, -0.2) is 0 Å². The second-order valence-electron chi connectivity index (χ2n) is 0.609. The smallest absolute Gasteiger partial charge is 0.00941 e. The first kappa shape index (κ1) is 4.83. The van der Waals surface area contributed by atoms with Crippen LogP contribution in [0.15, 0.2) is 12.3 Å². The molecular weight excluding hydrogens is 85.5 g/mol. The number of halogens is 1. The fourth-order valence-electron chi connectivity index (χ4n) is 0.0630. The van der Waals surface area contributed by atoms with E-state index in [1.54, 1.807) is 6.20 Å². The molecule has 0 saturated carbocycles. The van der Waals surface area contributed by atoms with E-state index in [0.29, 0.717) is 0 Å². The van der Waals surface area contributed by atoms with Crippen molar-refractivity contribution in [1.82, 2.24) is 4.84 Å². The SMILES string of the molecule is C/C=C\NCl. The van der Waals surface area contributed by atoms with Gasteiger partial charge in [0.05, 0.1) is 0 Å². The lowest BCUT2D eigenvalue weighted by Crippen LogP contribution is -1.76. The van der Waals surface area contributed by atoms with E-state index in [1.807, 2.05) is 13.0 Å². The van der Waals surface area contributed by atoms with Gasteiger partial charge in [0.15, 0.2) is 0 Å². The van der Waals surface area contributed by atoms with Crippen LogP contribution in [0.5, 0.6) is 0 Å². The molecule has 0 aliphatic carbocycles. The number of rotatable bonds is 1. The molecule has 0 heterocycles. The summed E-state index contributed by atoms with van der Waals surface area (Å²) in [6, 6.07) is 0. The molecule has 30 valence electrons. The summed E-state index contributed by atoms with van der Waals surface area (Å²) in [5, 5.41) is 0. The Morgan fingerprint density at radius 3 is 2.40 bits per heavy atom. The Bertz CT molecular complexity index is 33.9. The molecule has 0 radical (unpaired) electrons. The summed E-state index contributed by atoms with van der Waals surface area (Å²) < 4.78 is 0. The van der Waals surface area contributed by atoms with Crippen LogP contribution in [0.3, 0.4) is 0 Å². The Hall–Kier alpha value is -0.170. The highest BCUT2D eigenvalue weighted by Gasteiger charge is 1.48. The van der Waals surface area contributed by atoms with Crippen molar-refractivity contribution in [3.63, 3.8) is 0 Å². The molecule has 0 unspecified atom stereocenters. The van der Waals surface area contributed by atoms with Gasteiger partial charge in [-0.2, -0.15) is 0 Å². The Morgan fingerprint density at radius 2 is 2.40 bits per heavy atom. The van der Waals surface area contributed by atoms with Crippen LogP contribution >= 0.6 is 11.8 Å². The normalized spacial score (nSPS) is 9.20. The van der Waals surface area contributed by atoms with Gasteiger partial charge >= 0.3 is 0 Å². The van der Waals surface area contributed by atoms with Crippen molar-refractivity contribution in [1.29, 1.82) is 0 Å². The maximum atomic E-state index is 4.96. The lowest BCUT2D eigenvalue weighted by atomic mass is 10.7. The highest BCUT2D eigenvalue weighted by Crippen LogP contribution is 1.61. The Labute approximate surface area is 36.7 Å². The zero-order valence-corrected chi connectivity index (χ0v) is 3.79. The van der Waals surface area contributed by atoms with Crippen LogP contribution in [0.25, 0.3) is 0 Å². The third-order valence-corrected chi connectivity index (χ3v) is 0.356. The van der Waals surface area contributed by atoms with E-state index in [-0.39, 0.29) is 0 Å². The number of hydrogen-bond acceptors (Lipinski definition) is 1. The van der Waals surface area contributed by atoms with Crippen LogP contribution in [0, 0.1) is 0 Å². The van der Waals surface area contributed by atoms with Crippen molar-refractivity contribution in [2.45, 2.75) is 6.92 Å². The molecule has 5 heavy (non-hydrogen) atoms. The van der Waals surface area contributed by atoms with Gasteiger partial charge in [-0.1, -0.05) is 6.08 Å². The van der Waals surface area contributed by atoms with E-state index in [4.69, 9.17) is 11.8 Å². The fourth-order valence-corrected chi connectivity index (χ4v) is 0.189. The minimum Gasteiger partial charge on any atom is -0.306 e. The van der Waals surface area contributed by atoms with E-state index in [1.165, 1.54) is 0 Å². The van der Waals surface area contributed by atoms with Crippen molar-refractivity contribution in [3.8, 4) is 0 Å². The zero-order valence-electron chi connectivity index (χ0n) is 3.03. The molecule has 1 nitrogen and oxygen atoms in total. The van der Waals surface area contributed by atoms with Crippen molar-refractivity contribution < 1.29 is 0 Å². The van der Waals surface area contributed by atoms with Crippen LogP contribution in [0.2, 0.25) is 0 Å². The second kappa shape index (κ2) is 3.83. The summed E-state index contributed by atoms with van der Waals surface area (Å²) >= 11 is 4.96. The van der Waals surface area contributed by atoms with Crippen molar-refractivity contribution in [2.24, 2.45) is 0 Å². The molecule has 0 atom stereocenters. The molecule has 0 amide bonds. The minimum atomic E-state index is 1.64. The van der Waals surface area contributed by atoms with E-state index in [2.05, 4.69) is 4.84 Å². The Kier molecular flexibility index (Phi) is 3.70. The van der Waals surface area contributed by atoms with Gasteiger partial charge in [-0.15, -0.1) is 0 Å². The van der Waals surface area contributed by atoms with E-state index >= 15 is 0 Å². The fraction of sp³-hybridized carbons (Fsp3) is 0.333. The molecule has 0 saturated heterocycles. The van der Waals surface area contributed by atoms with Crippen molar-refractivity contribution in [3.05, 3.63) is 12.3 Å². The predicted molar refractivity (Wildman–Crippen MR) is 23.8 cm³/mol. The first-order valence-electron chi connectivity index (χ1n) is 1.39. The van der Waals surface area contributed by atoms with E-state index < -0.39 is 0 Å². The first-order chi connectivity index (χ1) is 2.41. The van der Waals surface area contributed by atoms with Crippen LogP contribution < -0.4 is 4.84 Å². The molecular formula is C3H6ClN. The molecule has 0 aromatic rings. The van der Waals surface area contributed by atoms with Gasteiger partial charge in [0.2, 0.25) is 0 Å². The van der Waals surface area contributed by atoms with Gasteiger partial charge in [-0.25, -0.2) is 0 Å². The monoisotopic (exact) mass is 91.0 g/mol. The van der Waals surface area contributed by atoms with Gasteiger partial charge < -0.3 is 4.84 Å². The quantitative estimate of drug-likeness (QED) is 0.479. The highest BCUT2D eigenvalue weighted by molar-refractivity contribution is 6.14. The summed E-state index contributed by atoms with van der Waals surface area (Å²) in [6.07, 6.45) is 3.45. The summed E-state index contributed by atoms with van der Waals surface area (Å²) in [5.74, 6) is 0. The second-order valence-corrected chi connectivity index (χ2v) is 0.827. The largest absolute Gasteiger partial charge is 0.306 e. The molecule has 0 bridgehead atoms. The molecule has 0 aromatic heterocycles. The van der Waals surface area contributed by atoms with Gasteiger partial charge in [0, 0.05) is 18.0 Å². The summed E-state index contributed by atoms with van der Waals surface area (Å²) in [4.78, 5) is 2.31. The highest BCUT2D eigenvalue weighted by atomic mass is 35.5. The lowest BCUT2D eigenvalue weighted by molar-refractivity contribution is 1.38. The average Bonchev–Trinajstić information content (AvgIpc) is 1.41. The molecule has 0 aliphatic heterocycles. The Balaban J connectivity index is 2.62. The third-order valence-electron chi connectivity index (χ3n) is 0.230. The van der Waals surface area contributed by atoms with E-state index in [0.717, 1.165) is 0 Å². The van der Waals surface area contributed by atoms with Gasteiger partial charge in [0.25, 0.3) is 0 Å². The maximum Gasteiger partial charge on any atom is 0.00941 e. The summed E-state index contributed by atoms with van der Waals surface area (Å²) in [7, 11) is 0. The predicted octanol–water partition coefficient (Wildman–Crippen LogP) is 1.26. The van der Waals surface area contributed by atoms with E-state index in [9.17, 15) is 0 Å². The Morgan fingerprint density at radius 1 is 1.80 bits per heavy atom. The van der Waals surface area contributed by atoms with Crippen LogP contribution in [0.4, 0.5) is 0 Å². The number of hydrogen-bond donors (Lipinski definition) is 1. The van der Waals surface area contributed by atoms with Crippen molar-refractivity contribution >= 4 is 11.8 Å². The summed E-state index contributed by atoms with van der Waals surface area (Å²) in [6.45, 7) is 1.88. The first-order valence-corrected chi connectivity index (χ1v) is 1.77. The molecule has 0 fully saturated rings. The lowest BCUT2D eigenvalue weighted by Gasteiger charge is -1.70. The van der Waals surface area contributed by atoms with Gasteiger partial charge in [-0.3, -0.25) is 0 Å². The molecule has 2 heteroatoms. The zero-order chi connectivity index (χ0) is 4.12. The van der Waals surface area contributed by atoms with Crippen LogP contribution in [-0.2, 0) is 0 Å². The molecule has 0 spiro atoms.